The number of rotatable bonds is 4. The minimum atomic E-state index is -0.576. The van der Waals surface area contributed by atoms with Gasteiger partial charge in [0.25, 0.3) is 5.91 Å². The summed E-state index contributed by atoms with van der Waals surface area (Å²) < 4.78 is 0. The second kappa shape index (κ2) is 9.11. The topological polar surface area (TPSA) is 70.2 Å². The lowest BCUT2D eigenvalue weighted by molar-refractivity contribution is -0.123. The Kier molecular flexibility index (Phi) is 7.82. The summed E-state index contributed by atoms with van der Waals surface area (Å²) in [5, 5.41) is 9.62. The van der Waals surface area contributed by atoms with Crippen LogP contribution in [0.2, 0.25) is 5.02 Å². The molecular formula is C16H23Cl2N3O2. The van der Waals surface area contributed by atoms with Crippen molar-refractivity contribution in [3.8, 4) is 0 Å². The zero-order chi connectivity index (χ0) is 16.1. The molecular weight excluding hydrogens is 337 g/mol. The van der Waals surface area contributed by atoms with Gasteiger partial charge in [0.15, 0.2) is 0 Å². The number of nitrogens with one attached hydrogen (secondary N) is 3. The highest BCUT2D eigenvalue weighted by Crippen LogP contribution is 2.10. The van der Waals surface area contributed by atoms with E-state index in [1.54, 1.807) is 31.2 Å². The van der Waals surface area contributed by atoms with Gasteiger partial charge in [0.05, 0.1) is 0 Å². The van der Waals surface area contributed by atoms with Crippen LogP contribution in [0.3, 0.4) is 0 Å². The van der Waals surface area contributed by atoms with Crippen LogP contribution in [0, 0.1) is 0 Å². The summed E-state index contributed by atoms with van der Waals surface area (Å²) >= 11 is 5.79. The third-order valence-electron chi connectivity index (χ3n) is 3.82. The molecule has 3 atom stereocenters. The Bertz CT molecular complexity index is 537. The number of hydrogen-bond donors (Lipinski definition) is 3. The van der Waals surface area contributed by atoms with Crippen LogP contribution in [0.15, 0.2) is 24.3 Å². The first-order valence-electron chi connectivity index (χ1n) is 7.56. The molecule has 7 heteroatoms. The molecule has 3 unspecified atom stereocenters. The van der Waals surface area contributed by atoms with Gasteiger partial charge in [-0.25, -0.2) is 0 Å². The van der Waals surface area contributed by atoms with E-state index in [0.29, 0.717) is 16.6 Å². The smallest absolute Gasteiger partial charge is 0.251 e. The van der Waals surface area contributed by atoms with E-state index in [9.17, 15) is 9.59 Å². The first-order chi connectivity index (χ1) is 10.5. The van der Waals surface area contributed by atoms with E-state index >= 15 is 0 Å². The third-order valence-corrected chi connectivity index (χ3v) is 4.07. The molecule has 0 spiro atoms. The van der Waals surface area contributed by atoms with Crippen LogP contribution in [0.25, 0.3) is 0 Å². The summed E-state index contributed by atoms with van der Waals surface area (Å²) in [7, 11) is 0. The van der Waals surface area contributed by atoms with Gasteiger partial charge in [-0.15, -0.1) is 12.4 Å². The molecule has 1 heterocycles. The van der Waals surface area contributed by atoms with Crippen molar-refractivity contribution in [3.63, 3.8) is 0 Å². The van der Waals surface area contributed by atoms with Gasteiger partial charge in [0, 0.05) is 22.7 Å². The Hall–Kier alpha value is -1.30. The average Bonchev–Trinajstić information content (AvgIpc) is 2.47. The normalized spacial score (nSPS) is 21.7. The minimum absolute atomic E-state index is 0. The van der Waals surface area contributed by atoms with Crippen molar-refractivity contribution in [2.24, 2.45) is 0 Å². The van der Waals surface area contributed by atoms with Gasteiger partial charge in [0.1, 0.15) is 6.04 Å². The van der Waals surface area contributed by atoms with Gasteiger partial charge in [-0.05, 0) is 57.5 Å². The van der Waals surface area contributed by atoms with Crippen molar-refractivity contribution in [3.05, 3.63) is 34.9 Å². The number of carbonyl (C=O) groups excluding carboxylic acids is 2. The monoisotopic (exact) mass is 359 g/mol. The van der Waals surface area contributed by atoms with Crippen LogP contribution in [0.1, 0.15) is 37.0 Å². The Morgan fingerprint density at radius 3 is 2.57 bits per heavy atom. The molecule has 0 aliphatic carbocycles. The lowest BCUT2D eigenvalue weighted by Gasteiger charge is -2.29. The van der Waals surface area contributed by atoms with Crippen molar-refractivity contribution in [1.82, 2.24) is 16.0 Å². The maximum atomic E-state index is 12.2. The fraction of sp³-hybridized carbons (Fsp3) is 0.500. The highest BCUT2D eigenvalue weighted by molar-refractivity contribution is 6.30. The quantitative estimate of drug-likeness (QED) is 0.771. The van der Waals surface area contributed by atoms with Gasteiger partial charge in [-0.1, -0.05) is 11.6 Å². The standard InChI is InChI=1S/C16H22ClN3O2.ClH/c1-10-9-14(7-8-18-10)20-15(21)11(2)19-16(22)12-3-5-13(17)6-4-12;/h3-6,10-11,14,18H,7-9H2,1-2H3,(H,19,22)(H,20,21);1H. The molecule has 3 N–H and O–H groups in total. The maximum Gasteiger partial charge on any atom is 0.251 e. The fourth-order valence-corrected chi connectivity index (χ4v) is 2.66. The summed E-state index contributed by atoms with van der Waals surface area (Å²) in [4.78, 5) is 24.2. The van der Waals surface area contributed by atoms with E-state index < -0.39 is 6.04 Å². The number of halogens is 2. The van der Waals surface area contributed by atoms with Crippen molar-refractivity contribution >= 4 is 35.8 Å². The highest BCUT2D eigenvalue weighted by atomic mass is 35.5. The Labute approximate surface area is 148 Å². The molecule has 128 valence electrons. The van der Waals surface area contributed by atoms with E-state index in [1.165, 1.54) is 0 Å². The Morgan fingerprint density at radius 2 is 1.96 bits per heavy atom. The molecule has 5 nitrogen and oxygen atoms in total. The zero-order valence-electron chi connectivity index (χ0n) is 13.3. The summed E-state index contributed by atoms with van der Waals surface area (Å²) in [6, 6.07) is 6.56. The summed E-state index contributed by atoms with van der Waals surface area (Å²) in [5.41, 5.74) is 0.486. The predicted molar refractivity (Wildman–Crippen MR) is 94.3 cm³/mol. The Balaban J connectivity index is 0.00000264. The fourth-order valence-electron chi connectivity index (χ4n) is 2.54. The minimum Gasteiger partial charge on any atom is -0.351 e. The van der Waals surface area contributed by atoms with Gasteiger partial charge >= 0.3 is 0 Å². The molecule has 0 bridgehead atoms. The van der Waals surface area contributed by atoms with Crippen LogP contribution in [0.5, 0.6) is 0 Å². The molecule has 0 radical (unpaired) electrons. The molecule has 1 aromatic carbocycles. The number of hydrogen-bond acceptors (Lipinski definition) is 3. The molecule has 1 aliphatic heterocycles. The number of carbonyl (C=O) groups is 2. The van der Waals surface area contributed by atoms with Gasteiger partial charge < -0.3 is 16.0 Å². The third kappa shape index (κ3) is 6.01. The average molecular weight is 360 g/mol. The van der Waals surface area contributed by atoms with E-state index in [1.807, 2.05) is 0 Å². The second-order valence-electron chi connectivity index (χ2n) is 5.79. The number of benzene rings is 1. The summed E-state index contributed by atoms with van der Waals surface area (Å²) in [6.45, 7) is 4.69. The van der Waals surface area contributed by atoms with Crippen LogP contribution in [0.4, 0.5) is 0 Å². The number of piperidine rings is 1. The largest absolute Gasteiger partial charge is 0.351 e. The second-order valence-corrected chi connectivity index (χ2v) is 6.22. The van der Waals surface area contributed by atoms with Gasteiger partial charge in [0.2, 0.25) is 5.91 Å². The summed E-state index contributed by atoms with van der Waals surface area (Å²) in [6.07, 6.45) is 1.82. The molecule has 1 fully saturated rings. The maximum absolute atomic E-state index is 12.2. The molecule has 2 amide bonds. The highest BCUT2D eigenvalue weighted by Gasteiger charge is 2.23. The van der Waals surface area contributed by atoms with Crippen molar-refractivity contribution in [2.45, 2.75) is 44.8 Å². The van der Waals surface area contributed by atoms with Crippen LogP contribution < -0.4 is 16.0 Å². The van der Waals surface area contributed by atoms with Crippen LogP contribution >= 0.6 is 24.0 Å². The molecule has 1 aromatic rings. The first kappa shape index (κ1) is 19.7. The molecule has 0 aromatic heterocycles. The molecule has 0 saturated carbocycles. The molecule has 1 saturated heterocycles. The molecule has 23 heavy (non-hydrogen) atoms. The SMILES string of the molecule is CC1CC(NC(=O)C(C)NC(=O)c2ccc(Cl)cc2)CCN1.Cl. The lowest BCUT2D eigenvalue weighted by Crippen LogP contribution is -2.52. The Morgan fingerprint density at radius 1 is 1.30 bits per heavy atom. The van der Waals surface area contributed by atoms with Crippen LogP contribution in [-0.2, 0) is 4.79 Å². The van der Waals surface area contributed by atoms with Crippen LogP contribution in [-0.4, -0.2) is 36.5 Å². The van der Waals surface area contributed by atoms with Crippen molar-refractivity contribution < 1.29 is 9.59 Å². The lowest BCUT2D eigenvalue weighted by atomic mass is 10.0. The van der Waals surface area contributed by atoms with E-state index in [4.69, 9.17) is 11.6 Å². The number of amides is 2. The van der Waals surface area contributed by atoms with E-state index in [0.717, 1.165) is 19.4 Å². The van der Waals surface area contributed by atoms with Gasteiger partial charge in [-0.2, -0.15) is 0 Å². The molecule has 2 rings (SSSR count). The van der Waals surface area contributed by atoms with Gasteiger partial charge in [-0.3, -0.25) is 9.59 Å². The van der Waals surface area contributed by atoms with E-state index in [-0.39, 0.29) is 30.3 Å². The van der Waals surface area contributed by atoms with Crippen molar-refractivity contribution in [2.75, 3.05) is 6.54 Å². The first-order valence-corrected chi connectivity index (χ1v) is 7.93. The molecule has 1 aliphatic rings. The van der Waals surface area contributed by atoms with Crippen molar-refractivity contribution in [1.29, 1.82) is 0 Å². The summed E-state index contributed by atoms with van der Waals surface area (Å²) in [5.74, 6) is -0.431. The van der Waals surface area contributed by atoms with E-state index in [2.05, 4.69) is 22.9 Å². The predicted octanol–water partition coefficient (Wildman–Crippen LogP) is 2.14. The zero-order valence-corrected chi connectivity index (χ0v) is 14.8.